The van der Waals surface area contributed by atoms with Gasteiger partial charge in [-0.3, -0.25) is 4.90 Å². The number of rotatable bonds is 8. The zero-order valence-corrected chi connectivity index (χ0v) is 13.1. The Morgan fingerprint density at radius 2 is 2.14 bits per heavy atom. The molecule has 1 aliphatic rings. The molecule has 0 N–H and O–H groups in total. The number of benzene rings is 1. The van der Waals surface area contributed by atoms with E-state index in [0.29, 0.717) is 19.7 Å². The molecule has 22 heavy (non-hydrogen) atoms. The number of nitrogens with zero attached hydrogens (tertiary/aromatic N) is 1. The van der Waals surface area contributed by atoms with Crippen LogP contribution >= 0.6 is 0 Å². The molecule has 6 heteroatoms. The van der Waals surface area contributed by atoms with Gasteiger partial charge in [-0.05, 0) is 25.0 Å². The summed E-state index contributed by atoms with van der Waals surface area (Å²) in [7, 11) is 2.98. The Hall–Kier alpha value is -1.24. The van der Waals surface area contributed by atoms with E-state index in [9.17, 15) is 8.78 Å². The van der Waals surface area contributed by atoms with Crippen molar-refractivity contribution < 1.29 is 23.0 Å². The van der Waals surface area contributed by atoms with Crippen LogP contribution in [0.15, 0.2) is 12.1 Å². The van der Waals surface area contributed by atoms with E-state index >= 15 is 0 Å². The number of ether oxygens (including phenoxy) is 3. The standard InChI is InChI=1S/C16H23F2NO3/c1-20-9-7-19(10-12-4-3-8-22-12)11-13-14(17)5-6-15(21-2)16(13)18/h5-6,12H,3-4,7-11H2,1-2H3. The summed E-state index contributed by atoms with van der Waals surface area (Å²) in [5, 5.41) is 0. The van der Waals surface area contributed by atoms with Gasteiger partial charge >= 0.3 is 0 Å². The van der Waals surface area contributed by atoms with Crippen molar-refractivity contribution in [2.75, 3.05) is 40.5 Å². The van der Waals surface area contributed by atoms with E-state index in [-0.39, 0.29) is 24.0 Å². The first-order chi connectivity index (χ1) is 10.7. The molecule has 1 atom stereocenters. The first-order valence-electron chi connectivity index (χ1n) is 7.49. The highest BCUT2D eigenvalue weighted by atomic mass is 19.1. The molecule has 1 fully saturated rings. The third-order valence-corrected chi connectivity index (χ3v) is 3.85. The molecular formula is C16H23F2NO3. The predicted octanol–water partition coefficient (Wildman–Crippen LogP) is 2.60. The first-order valence-corrected chi connectivity index (χ1v) is 7.49. The van der Waals surface area contributed by atoms with E-state index in [4.69, 9.17) is 14.2 Å². The van der Waals surface area contributed by atoms with E-state index < -0.39 is 11.6 Å². The first kappa shape index (κ1) is 17.1. The molecule has 0 amide bonds. The Kier molecular flexibility index (Phi) is 6.54. The van der Waals surface area contributed by atoms with E-state index in [0.717, 1.165) is 19.4 Å². The second kappa shape index (κ2) is 8.41. The minimum absolute atomic E-state index is 0.0217. The molecule has 1 unspecified atom stereocenters. The fourth-order valence-corrected chi connectivity index (χ4v) is 2.63. The van der Waals surface area contributed by atoms with E-state index in [2.05, 4.69) is 0 Å². The van der Waals surface area contributed by atoms with Crippen LogP contribution in [0.2, 0.25) is 0 Å². The van der Waals surface area contributed by atoms with Gasteiger partial charge in [0, 0.05) is 38.9 Å². The van der Waals surface area contributed by atoms with Crippen LogP contribution < -0.4 is 4.74 Å². The third-order valence-electron chi connectivity index (χ3n) is 3.85. The minimum Gasteiger partial charge on any atom is -0.494 e. The number of hydrogen-bond acceptors (Lipinski definition) is 4. The molecule has 0 radical (unpaired) electrons. The lowest BCUT2D eigenvalue weighted by atomic mass is 10.1. The largest absolute Gasteiger partial charge is 0.494 e. The highest BCUT2D eigenvalue weighted by molar-refractivity contribution is 5.32. The summed E-state index contributed by atoms with van der Waals surface area (Å²) in [6, 6.07) is 2.53. The molecule has 0 saturated carbocycles. The summed E-state index contributed by atoms with van der Waals surface area (Å²) < 4.78 is 43.9. The van der Waals surface area contributed by atoms with Crippen molar-refractivity contribution in [1.82, 2.24) is 4.90 Å². The van der Waals surface area contributed by atoms with Crippen molar-refractivity contribution in [3.8, 4) is 5.75 Å². The molecule has 0 aliphatic carbocycles. The van der Waals surface area contributed by atoms with Gasteiger partial charge in [0.1, 0.15) is 5.82 Å². The maximum atomic E-state index is 14.3. The van der Waals surface area contributed by atoms with Crippen LogP contribution in [-0.4, -0.2) is 51.5 Å². The van der Waals surface area contributed by atoms with Crippen molar-refractivity contribution in [1.29, 1.82) is 0 Å². The molecule has 1 aromatic carbocycles. The topological polar surface area (TPSA) is 30.9 Å². The third kappa shape index (κ3) is 4.38. The summed E-state index contributed by atoms with van der Waals surface area (Å²) >= 11 is 0. The van der Waals surface area contributed by atoms with E-state index in [1.807, 2.05) is 4.90 Å². The highest BCUT2D eigenvalue weighted by Gasteiger charge is 2.22. The van der Waals surface area contributed by atoms with Crippen molar-refractivity contribution in [2.24, 2.45) is 0 Å². The predicted molar refractivity (Wildman–Crippen MR) is 79.0 cm³/mol. The van der Waals surface area contributed by atoms with Gasteiger partial charge in [-0.2, -0.15) is 0 Å². The van der Waals surface area contributed by atoms with Crippen LogP contribution in [0.1, 0.15) is 18.4 Å². The summed E-state index contributed by atoms with van der Waals surface area (Å²) in [5.41, 5.74) is 0.0217. The smallest absolute Gasteiger partial charge is 0.172 e. The van der Waals surface area contributed by atoms with Gasteiger partial charge in [-0.25, -0.2) is 8.78 Å². The van der Waals surface area contributed by atoms with Crippen LogP contribution in [0, 0.1) is 11.6 Å². The molecule has 0 spiro atoms. The van der Waals surface area contributed by atoms with Gasteiger partial charge in [-0.1, -0.05) is 0 Å². The van der Waals surface area contributed by atoms with Gasteiger partial charge < -0.3 is 14.2 Å². The molecule has 2 rings (SSSR count). The maximum absolute atomic E-state index is 14.3. The molecule has 0 aromatic heterocycles. The summed E-state index contributed by atoms with van der Waals surface area (Å²) in [6.45, 7) is 2.65. The van der Waals surface area contributed by atoms with Crippen LogP contribution in [0.3, 0.4) is 0 Å². The SMILES string of the molecule is COCCN(Cc1c(F)ccc(OC)c1F)CC1CCCO1. The van der Waals surface area contributed by atoms with Gasteiger partial charge in [0.25, 0.3) is 0 Å². The summed E-state index contributed by atoms with van der Waals surface area (Å²) in [4.78, 5) is 1.96. The number of halogens is 2. The van der Waals surface area contributed by atoms with Crippen molar-refractivity contribution >= 4 is 0 Å². The van der Waals surface area contributed by atoms with E-state index in [1.54, 1.807) is 7.11 Å². The van der Waals surface area contributed by atoms with Crippen molar-refractivity contribution in [3.05, 3.63) is 29.3 Å². The fourth-order valence-electron chi connectivity index (χ4n) is 2.63. The van der Waals surface area contributed by atoms with Crippen molar-refractivity contribution in [3.63, 3.8) is 0 Å². The molecule has 1 aliphatic heterocycles. The molecule has 1 aromatic rings. The lowest BCUT2D eigenvalue weighted by molar-refractivity contribution is 0.0579. The summed E-state index contributed by atoms with van der Waals surface area (Å²) in [6.07, 6.45) is 2.13. The summed E-state index contributed by atoms with van der Waals surface area (Å²) in [5.74, 6) is -1.15. The average Bonchev–Trinajstić information content (AvgIpc) is 3.02. The molecule has 1 saturated heterocycles. The Morgan fingerprint density at radius 3 is 2.77 bits per heavy atom. The van der Waals surface area contributed by atoms with Gasteiger partial charge in [0.15, 0.2) is 11.6 Å². The number of methoxy groups -OCH3 is 2. The van der Waals surface area contributed by atoms with Crippen LogP contribution in [0.25, 0.3) is 0 Å². The second-order valence-corrected chi connectivity index (χ2v) is 5.41. The van der Waals surface area contributed by atoms with Crippen LogP contribution in [0.5, 0.6) is 5.75 Å². The Morgan fingerprint density at radius 1 is 1.32 bits per heavy atom. The Bertz CT molecular complexity index is 479. The molecule has 124 valence electrons. The monoisotopic (exact) mass is 315 g/mol. The Labute approximate surface area is 130 Å². The fraction of sp³-hybridized carbons (Fsp3) is 0.625. The molecule has 0 bridgehead atoms. The lowest BCUT2D eigenvalue weighted by Gasteiger charge is -2.25. The van der Waals surface area contributed by atoms with Crippen molar-refractivity contribution in [2.45, 2.75) is 25.5 Å². The number of hydrogen-bond donors (Lipinski definition) is 0. The molecule has 4 nitrogen and oxygen atoms in total. The van der Waals surface area contributed by atoms with Gasteiger partial charge in [-0.15, -0.1) is 0 Å². The highest BCUT2D eigenvalue weighted by Crippen LogP contribution is 2.25. The average molecular weight is 315 g/mol. The quantitative estimate of drug-likeness (QED) is 0.738. The van der Waals surface area contributed by atoms with Crippen LogP contribution in [0.4, 0.5) is 8.78 Å². The van der Waals surface area contributed by atoms with E-state index in [1.165, 1.54) is 19.2 Å². The molecule has 1 heterocycles. The second-order valence-electron chi connectivity index (χ2n) is 5.41. The maximum Gasteiger partial charge on any atom is 0.172 e. The van der Waals surface area contributed by atoms with Gasteiger partial charge in [0.05, 0.1) is 19.8 Å². The zero-order valence-electron chi connectivity index (χ0n) is 13.1. The minimum atomic E-state index is -0.641. The zero-order chi connectivity index (χ0) is 15.9. The van der Waals surface area contributed by atoms with Crippen LogP contribution in [-0.2, 0) is 16.0 Å². The van der Waals surface area contributed by atoms with Gasteiger partial charge in [0.2, 0.25) is 0 Å². The molecular weight excluding hydrogens is 292 g/mol. The Balaban J connectivity index is 2.11. The lowest BCUT2D eigenvalue weighted by Crippen LogP contribution is -2.34. The normalized spacial score (nSPS) is 18.1.